The first-order valence-corrected chi connectivity index (χ1v) is 7.02. The van der Waals surface area contributed by atoms with Crippen LogP contribution in [0.5, 0.6) is 0 Å². The molecule has 116 valence electrons. The third-order valence-corrected chi connectivity index (χ3v) is 3.60. The van der Waals surface area contributed by atoms with Crippen LogP contribution in [0.15, 0.2) is 12.5 Å². The number of rotatable bonds is 5. The number of imidazole rings is 1. The summed E-state index contributed by atoms with van der Waals surface area (Å²) < 4.78 is 1.61. The molecule has 3 N–H and O–H groups in total. The fourth-order valence-electron chi connectivity index (χ4n) is 2.44. The fourth-order valence-corrected chi connectivity index (χ4v) is 2.44. The molecule has 0 radical (unpaired) electrons. The molecule has 1 aromatic heterocycles. The summed E-state index contributed by atoms with van der Waals surface area (Å²) >= 11 is 0. The van der Waals surface area contributed by atoms with Gasteiger partial charge in [-0.2, -0.15) is 0 Å². The molecule has 0 aliphatic carbocycles. The summed E-state index contributed by atoms with van der Waals surface area (Å²) in [5.41, 5.74) is -0.0160. The van der Waals surface area contributed by atoms with E-state index in [1.54, 1.807) is 9.47 Å². The number of hydrogen-bond acceptors (Lipinski definition) is 4. The zero-order valence-corrected chi connectivity index (χ0v) is 11.7. The lowest BCUT2D eigenvalue weighted by atomic mass is 10.0. The molecule has 1 fully saturated rings. The molecule has 1 aliphatic heterocycles. The van der Waals surface area contributed by atoms with Crippen LogP contribution in [0.4, 0.5) is 4.79 Å². The third-order valence-electron chi connectivity index (χ3n) is 3.60. The zero-order chi connectivity index (χ0) is 15.2. The first kappa shape index (κ1) is 15.3. The molecule has 2 rings (SSSR count). The molecule has 1 atom stereocenters. The Bertz CT molecular complexity index is 502. The average Bonchev–Trinajstić information content (AvgIpc) is 2.96. The van der Waals surface area contributed by atoms with Gasteiger partial charge in [0.15, 0.2) is 5.69 Å². The van der Waals surface area contributed by atoms with E-state index in [4.69, 9.17) is 5.11 Å². The Morgan fingerprint density at radius 2 is 2.24 bits per heavy atom. The number of carboxylic acids is 1. The van der Waals surface area contributed by atoms with Crippen LogP contribution in [0.2, 0.25) is 0 Å². The van der Waals surface area contributed by atoms with Crippen molar-refractivity contribution in [2.24, 2.45) is 0 Å². The number of likely N-dealkylation sites (tertiary alicyclic amines) is 1. The number of piperidine rings is 1. The summed E-state index contributed by atoms with van der Waals surface area (Å²) in [5.74, 6) is -1.07. The van der Waals surface area contributed by atoms with E-state index in [1.807, 2.05) is 0 Å². The lowest BCUT2D eigenvalue weighted by Gasteiger charge is -2.34. The lowest BCUT2D eigenvalue weighted by molar-refractivity contribution is 0.0691. The number of aliphatic hydroxyl groups excluding tert-OH is 1. The standard InChI is InChI=1S/C13H20N4O4/c18-8-10-3-1-2-5-17(10)13(21)14-4-6-16-7-11(12(19)20)15-9-16/h7,9-10,18H,1-6,8H2,(H,14,21)(H,19,20). The summed E-state index contributed by atoms with van der Waals surface area (Å²) in [6.45, 7) is 1.47. The second-order valence-corrected chi connectivity index (χ2v) is 5.06. The van der Waals surface area contributed by atoms with Crippen molar-refractivity contribution in [3.05, 3.63) is 18.2 Å². The molecule has 8 heteroatoms. The lowest BCUT2D eigenvalue weighted by Crippen LogP contribution is -2.50. The first-order valence-electron chi connectivity index (χ1n) is 7.02. The van der Waals surface area contributed by atoms with Crippen LogP contribution in [0, 0.1) is 0 Å². The van der Waals surface area contributed by atoms with Crippen molar-refractivity contribution >= 4 is 12.0 Å². The van der Waals surface area contributed by atoms with Crippen LogP contribution in [-0.4, -0.2) is 62.4 Å². The zero-order valence-electron chi connectivity index (χ0n) is 11.7. The quantitative estimate of drug-likeness (QED) is 0.716. The van der Waals surface area contributed by atoms with E-state index in [2.05, 4.69) is 10.3 Å². The van der Waals surface area contributed by atoms with Crippen LogP contribution < -0.4 is 5.32 Å². The Balaban J connectivity index is 1.79. The van der Waals surface area contributed by atoms with E-state index in [1.165, 1.54) is 12.5 Å². The molecule has 0 bridgehead atoms. The van der Waals surface area contributed by atoms with Crippen molar-refractivity contribution in [3.63, 3.8) is 0 Å². The van der Waals surface area contributed by atoms with Crippen molar-refractivity contribution in [2.75, 3.05) is 19.7 Å². The van der Waals surface area contributed by atoms with Gasteiger partial charge in [-0.15, -0.1) is 0 Å². The minimum atomic E-state index is -1.07. The number of urea groups is 1. The summed E-state index contributed by atoms with van der Waals surface area (Å²) in [4.78, 5) is 28.2. The number of nitrogens with one attached hydrogen (secondary N) is 1. The summed E-state index contributed by atoms with van der Waals surface area (Å²) in [5, 5.41) is 20.8. The fraction of sp³-hybridized carbons (Fsp3) is 0.615. The molecular weight excluding hydrogens is 276 g/mol. The van der Waals surface area contributed by atoms with E-state index < -0.39 is 5.97 Å². The average molecular weight is 296 g/mol. The Morgan fingerprint density at radius 3 is 2.90 bits per heavy atom. The van der Waals surface area contributed by atoms with Crippen LogP contribution in [-0.2, 0) is 6.54 Å². The molecule has 0 saturated carbocycles. The van der Waals surface area contributed by atoms with Crippen LogP contribution in [0.25, 0.3) is 0 Å². The summed E-state index contributed by atoms with van der Waals surface area (Å²) in [6, 6.07) is -0.294. The molecule has 8 nitrogen and oxygen atoms in total. The maximum atomic E-state index is 12.1. The van der Waals surface area contributed by atoms with Gasteiger partial charge in [0, 0.05) is 25.8 Å². The molecule has 2 amide bonds. The minimum absolute atomic E-state index is 0.0160. The molecule has 1 unspecified atom stereocenters. The predicted octanol–water partition coefficient (Wildman–Crippen LogP) is 0.138. The molecule has 1 aliphatic rings. The molecule has 1 saturated heterocycles. The van der Waals surface area contributed by atoms with Gasteiger partial charge in [-0.05, 0) is 19.3 Å². The minimum Gasteiger partial charge on any atom is -0.476 e. The Morgan fingerprint density at radius 1 is 1.43 bits per heavy atom. The van der Waals surface area contributed by atoms with E-state index in [0.717, 1.165) is 19.3 Å². The molecule has 1 aromatic rings. The number of carbonyl (C=O) groups excluding carboxylic acids is 1. The maximum absolute atomic E-state index is 12.1. The largest absolute Gasteiger partial charge is 0.476 e. The Kier molecular flexibility index (Phi) is 5.15. The number of hydrogen-bond donors (Lipinski definition) is 3. The monoisotopic (exact) mass is 296 g/mol. The highest BCUT2D eigenvalue weighted by Gasteiger charge is 2.25. The third kappa shape index (κ3) is 3.94. The molecule has 0 aromatic carbocycles. The smallest absolute Gasteiger partial charge is 0.356 e. The predicted molar refractivity (Wildman–Crippen MR) is 74.0 cm³/mol. The molecular formula is C13H20N4O4. The maximum Gasteiger partial charge on any atom is 0.356 e. The van der Waals surface area contributed by atoms with E-state index >= 15 is 0 Å². The van der Waals surface area contributed by atoms with Gasteiger partial charge in [0.2, 0.25) is 0 Å². The van der Waals surface area contributed by atoms with Gasteiger partial charge in [-0.25, -0.2) is 14.6 Å². The highest BCUT2D eigenvalue weighted by molar-refractivity contribution is 5.84. The topological polar surface area (TPSA) is 108 Å². The van der Waals surface area contributed by atoms with Crippen LogP contribution >= 0.6 is 0 Å². The van der Waals surface area contributed by atoms with Gasteiger partial charge in [0.05, 0.1) is 19.0 Å². The number of amides is 2. The highest BCUT2D eigenvalue weighted by Crippen LogP contribution is 2.16. The van der Waals surface area contributed by atoms with Gasteiger partial charge in [0.25, 0.3) is 0 Å². The molecule has 0 spiro atoms. The van der Waals surface area contributed by atoms with Crippen molar-refractivity contribution in [3.8, 4) is 0 Å². The molecule has 2 heterocycles. The molecule has 21 heavy (non-hydrogen) atoms. The number of carbonyl (C=O) groups is 2. The van der Waals surface area contributed by atoms with E-state index in [9.17, 15) is 14.7 Å². The number of aromatic nitrogens is 2. The van der Waals surface area contributed by atoms with Crippen molar-refractivity contribution in [1.82, 2.24) is 19.8 Å². The van der Waals surface area contributed by atoms with Crippen molar-refractivity contribution in [2.45, 2.75) is 31.8 Å². The van der Waals surface area contributed by atoms with Gasteiger partial charge in [-0.1, -0.05) is 0 Å². The second-order valence-electron chi connectivity index (χ2n) is 5.06. The van der Waals surface area contributed by atoms with Crippen LogP contribution in [0.1, 0.15) is 29.8 Å². The van der Waals surface area contributed by atoms with Gasteiger partial charge >= 0.3 is 12.0 Å². The summed E-state index contributed by atoms with van der Waals surface area (Å²) in [7, 11) is 0. The Hall–Kier alpha value is -2.09. The van der Waals surface area contributed by atoms with Crippen LogP contribution in [0.3, 0.4) is 0 Å². The SMILES string of the molecule is O=C(O)c1cn(CCNC(=O)N2CCCCC2CO)cn1. The Labute approximate surface area is 122 Å². The van der Waals surface area contributed by atoms with Gasteiger partial charge in [0.1, 0.15) is 0 Å². The van der Waals surface area contributed by atoms with E-state index in [-0.39, 0.29) is 24.4 Å². The second kappa shape index (κ2) is 7.07. The highest BCUT2D eigenvalue weighted by atomic mass is 16.4. The summed E-state index contributed by atoms with van der Waals surface area (Å²) in [6.07, 6.45) is 5.65. The van der Waals surface area contributed by atoms with E-state index in [0.29, 0.717) is 19.6 Å². The number of carboxylic acid groups (broad SMARTS) is 1. The number of nitrogens with zero attached hydrogens (tertiary/aromatic N) is 3. The van der Waals surface area contributed by atoms with Crippen molar-refractivity contribution in [1.29, 1.82) is 0 Å². The van der Waals surface area contributed by atoms with Gasteiger partial charge in [-0.3, -0.25) is 0 Å². The van der Waals surface area contributed by atoms with Gasteiger partial charge < -0.3 is 25.0 Å². The van der Waals surface area contributed by atoms with Crippen molar-refractivity contribution < 1.29 is 19.8 Å². The number of aromatic carboxylic acids is 1. The normalized spacial score (nSPS) is 18.5. The number of aliphatic hydroxyl groups is 1. The first-order chi connectivity index (χ1) is 10.1.